The normalized spacial score (nSPS) is 29.1. The van der Waals surface area contributed by atoms with Crippen molar-refractivity contribution in [2.45, 2.75) is 127 Å². The number of rotatable bonds is 8. The average Bonchev–Trinajstić information content (AvgIpc) is 4.05. The van der Waals surface area contributed by atoms with Crippen molar-refractivity contribution in [2.75, 3.05) is 27.4 Å². The maximum absolute atomic E-state index is 14.9. The number of hydrogen-bond donors (Lipinski definition) is 3. The lowest BCUT2D eigenvalue weighted by atomic mass is 9.85. The third-order valence-electron chi connectivity index (χ3n) is 13.0. The van der Waals surface area contributed by atoms with Crippen LogP contribution in [0.2, 0.25) is 0 Å². The Morgan fingerprint density at radius 2 is 1.67 bits per heavy atom. The Hall–Kier alpha value is -4.17. The van der Waals surface area contributed by atoms with Crippen molar-refractivity contribution in [3.63, 3.8) is 0 Å². The molecule has 13 nitrogen and oxygen atoms in total. The number of carbonyl (C=O) groups is 4. The number of benzene rings is 2. The monoisotopic (exact) mass is 820 g/mol. The molecule has 8 rings (SSSR count). The summed E-state index contributed by atoms with van der Waals surface area (Å²) in [6.45, 7) is 9.74. The molecule has 58 heavy (non-hydrogen) atoms. The zero-order valence-corrected chi connectivity index (χ0v) is 35.8. The maximum Gasteiger partial charge on any atom is 0.407 e. The van der Waals surface area contributed by atoms with Crippen LogP contribution in [0.3, 0.4) is 0 Å². The van der Waals surface area contributed by atoms with Crippen LogP contribution in [0.5, 0.6) is 5.75 Å². The van der Waals surface area contributed by atoms with Gasteiger partial charge in [0.1, 0.15) is 29.0 Å². The van der Waals surface area contributed by atoms with Gasteiger partial charge in [0.2, 0.25) is 21.8 Å². The molecule has 316 valence electrons. The first kappa shape index (κ1) is 42.0. The van der Waals surface area contributed by atoms with E-state index in [0.717, 1.165) is 66.5 Å². The highest BCUT2D eigenvalue weighted by molar-refractivity contribution is 7.91. The molecular formula is C44H60N4O9S. The van der Waals surface area contributed by atoms with Crippen LogP contribution in [0.25, 0.3) is 11.1 Å². The van der Waals surface area contributed by atoms with Crippen molar-refractivity contribution in [3.05, 3.63) is 53.6 Å². The summed E-state index contributed by atoms with van der Waals surface area (Å²) in [5, 5.41) is 5.22. The number of aryl methyl sites for hydroxylation is 1. The van der Waals surface area contributed by atoms with Gasteiger partial charge in [-0.1, -0.05) is 71.4 Å². The molecule has 3 aliphatic carbocycles. The SMILES string of the molecule is COc1ccc2c(c1)CCCCC(C)(C)COC(=O)N[C@@H](C(C)(C)C)C(=O)N1C[C@@](OC)(C[C@H]1C(=O)N[C@]1(C(=O)NS(=O)(=O)C3CC3)C[C@H]1C1CC1)c1ccc-2cc1. The Labute approximate surface area is 342 Å². The van der Waals surface area contributed by atoms with Gasteiger partial charge in [0.25, 0.3) is 5.91 Å². The number of ether oxygens (including phenoxy) is 3. The van der Waals surface area contributed by atoms with Gasteiger partial charge in [-0.15, -0.1) is 0 Å². The molecule has 14 heteroatoms. The molecule has 6 aliphatic rings. The molecule has 0 unspecified atom stereocenters. The van der Waals surface area contributed by atoms with Crippen molar-refractivity contribution in [1.29, 1.82) is 0 Å². The predicted molar refractivity (Wildman–Crippen MR) is 218 cm³/mol. The lowest BCUT2D eigenvalue weighted by molar-refractivity contribution is -0.143. The molecule has 0 aromatic heterocycles. The number of methoxy groups -OCH3 is 2. The molecule has 5 atom stereocenters. The number of fused-ring (bicyclic) bond motifs is 12. The van der Waals surface area contributed by atoms with E-state index in [2.05, 4.69) is 41.3 Å². The van der Waals surface area contributed by atoms with E-state index < -0.39 is 67.7 Å². The van der Waals surface area contributed by atoms with E-state index in [1.807, 2.05) is 51.1 Å². The molecule has 4 amide bonds. The van der Waals surface area contributed by atoms with Crippen molar-refractivity contribution < 1.29 is 41.8 Å². The fourth-order valence-corrected chi connectivity index (χ4v) is 10.3. The lowest BCUT2D eigenvalue weighted by Crippen LogP contribution is -2.60. The van der Waals surface area contributed by atoms with Crippen LogP contribution in [0.4, 0.5) is 4.79 Å². The summed E-state index contributed by atoms with van der Waals surface area (Å²) in [7, 11) is -0.665. The van der Waals surface area contributed by atoms with E-state index in [-0.39, 0.29) is 36.8 Å². The van der Waals surface area contributed by atoms with Gasteiger partial charge in [-0.05, 0) is 108 Å². The van der Waals surface area contributed by atoms with Crippen LogP contribution < -0.4 is 20.1 Å². The van der Waals surface area contributed by atoms with E-state index in [9.17, 15) is 27.6 Å². The Balaban J connectivity index is 1.26. The molecule has 3 heterocycles. The highest BCUT2D eigenvalue weighted by Gasteiger charge is 2.67. The topological polar surface area (TPSA) is 169 Å². The summed E-state index contributed by atoms with van der Waals surface area (Å²) in [6.07, 6.45) is 5.86. The van der Waals surface area contributed by atoms with Crippen molar-refractivity contribution in [2.24, 2.45) is 22.7 Å². The molecule has 3 saturated carbocycles. The van der Waals surface area contributed by atoms with Crippen molar-refractivity contribution in [3.8, 4) is 16.9 Å². The van der Waals surface area contributed by atoms with E-state index in [4.69, 9.17) is 14.2 Å². The minimum atomic E-state index is -3.87. The van der Waals surface area contributed by atoms with E-state index in [1.54, 1.807) is 14.2 Å². The van der Waals surface area contributed by atoms with Crippen LogP contribution in [0.15, 0.2) is 42.5 Å². The Bertz CT molecular complexity index is 2040. The quantitative estimate of drug-likeness (QED) is 0.307. The van der Waals surface area contributed by atoms with Crippen molar-refractivity contribution >= 4 is 33.8 Å². The van der Waals surface area contributed by atoms with E-state index in [1.165, 1.54) is 4.90 Å². The molecule has 4 fully saturated rings. The highest BCUT2D eigenvalue weighted by atomic mass is 32.2. The number of alkyl carbamates (subject to hydrolysis) is 1. The summed E-state index contributed by atoms with van der Waals surface area (Å²) in [5.74, 6) is -1.04. The number of sulfonamides is 1. The Morgan fingerprint density at radius 1 is 0.966 bits per heavy atom. The molecule has 2 aromatic carbocycles. The van der Waals surface area contributed by atoms with Crippen LogP contribution >= 0.6 is 0 Å². The first-order valence-corrected chi connectivity index (χ1v) is 22.3. The fraction of sp³-hybridized carbons (Fsp3) is 0.636. The second kappa shape index (κ2) is 15.5. The minimum absolute atomic E-state index is 0.0226. The molecule has 2 aromatic rings. The van der Waals surface area contributed by atoms with Gasteiger partial charge in [0, 0.05) is 13.5 Å². The van der Waals surface area contributed by atoms with Gasteiger partial charge < -0.3 is 29.7 Å². The minimum Gasteiger partial charge on any atom is -0.497 e. The summed E-state index contributed by atoms with van der Waals surface area (Å²) in [6, 6.07) is 11.9. The summed E-state index contributed by atoms with van der Waals surface area (Å²) in [4.78, 5) is 58.5. The first-order valence-electron chi connectivity index (χ1n) is 20.8. The number of amides is 4. The third-order valence-corrected chi connectivity index (χ3v) is 14.8. The molecule has 0 spiro atoms. The van der Waals surface area contributed by atoms with Crippen molar-refractivity contribution in [1.82, 2.24) is 20.3 Å². The zero-order valence-electron chi connectivity index (χ0n) is 34.9. The summed E-state index contributed by atoms with van der Waals surface area (Å²) in [5.41, 5.74) is 0.290. The smallest absolute Gasteiger partial charge is 0.407 e. The Kier molecular flexibility index (Phi) is 11.2. The largest absolute Gasteiger partial charge is 0.497 e. The second-order valence-electron chi connectivity index (χ2n) is 19.2. The highest BCUT2D eigenvalue weighted by Crippen LogP contribution is 2.57. The number of carbonyl (C=O) groups excluding carboxylic acids is 4. The van der Waals surface area contributed by atoms with Gasteiger partial charge >= 0.3 is 6.09 Å². The van der Waals surface area contributed by atoms with Gasteiger partial charge in [0.15, 0.2) is 0 Å². The van der Waals surface area contributed by atoms with Crippen LogP contribution in [-0.4, -0.2) is 87.4 Å². The third kappa shape index (κ3) is 8.59. The van der Waals surface area contributed by atoms with Gasteiger partial charge in [0.05, 0.1) is 25.5 Å². The second-order valence-corrected chi connectivity index (χ2v) is 21.1. The lowest BCUT2D eigenvalue weighted by Gasteiger charge is -2.36. The maximum atomic E-state index is 14.9. The van der Waals surface area contributed by atoms with Crippen LogP contribution in [0.1, 0.15) is 104 Å². The first-order chi connectivity index (χ1) is 27.3. The molecule has 4 bridgehead atoms. The summed E-state index contributed by atoms with van der Waals surface area (Å²) < 4.78 is 45.8. The summed E-state index contributed by atoms with van der Waals surface area (Å²) >= 11 is 0. The zero-order chi connectivity index (χ0) is 41.8. The van der Waals surface area contributed by atoms with E-state index in [0.29, 0.717) is 19.3 Å². The van der Waals surface area contributed by atoms with E-state index >= 15 is 0 Å². The number of hydrogen-bond acceptors (Lipinski definition) is 9. The van der Waals surface area contributed by atoms with Crippen LogP contribution in [0, 0.1) is 22.7 Å². The molecule has 0 radical (unpaired) electrons. The number of nitrogens with zero attached hydrogens (tertiary/aromatic N) is 1. The predicted octanol–water partition coefficient (Wildman–Crippen LogP) is 5.59. The molecule has 1 saturated heterocycles. The Morgan fingerprint density at radius 3 is 2.29 bits per heavy atom. The molecular weight excluding hydrogens is 761 g/mol. The van der Waals surface area contributed by atoms with Gasteiger partial charge in [-0.25, -0.2) is 13.2 Å². The van der Waals surface area contributed by atoms with Crippen LogP contribution in [-0.2, 0) is 45.9 Å². The number of nitrogens with one attached hydrogen (secondary N) is 3. The molecule has 3 N–H and O–H groups in total. The van der Waals surface area contributed by atoms with Gasteiger partial charge in [-0.3, -0.25) is 19.1 Å². The molecule has 3 aliphatic heterocycles. The van der Waals surface area contributed by atoms with Gasteiger partial charge in [-0.2, -0.15) is 0 Å². The average molecular weight is 821 g/mol. The fourth-order valence-electron chi connectivity index (χ4n) is 8.98. The standard InChI is InChI=1S/C44H60N4O9S/c1-41(2,3)36-38(50)48-25-43(56-7,24-35(48)37(49)46-44(23-34(44)28-11-12-28)39(51)47-58(53,54)32-18-19-32)30-15-13-27(14-16-30)33-20-17-31(55-6)22-29(33)10-8-9-21-42(4,5)26-57-40(52)45-36/h13-17,20,22,28,32,34-36H,8-12,18-19,21,23-26H2,1-7H3,(H,45,52)(H,46,49)(H,47,51)/t34-,35-,36+,43-,44+/m0/s1.